The molecule has 3 rings (SSSR count). The highest BCUT2D eigenvalue weighted by atomic mass is 19.4. The monoisotopic (exact) mass is 426 g/mol. The van der Waals surface area contributed by atoms with E-state index in [0.717, 1.165) is 6.07 Å². The van der Waals surface area contributed by atoms with Crippen molar-refractivity contribution < 1.29 is 18.0 Å². The number of hydrogen-bond donors (Lipinski definition) is 2. The normalized spacial score (nSPS) is 16.8. The summed E-state index contributed by atoms with van der Waals surface area (Å²) in [5.41, 5.74) is -1.39. The second-order valence-corrected chi connectivity index (χ2v) is 7.54. The number of nitrogens with zero attached hydrogens (tertiary/aromatic N) is 4. The van der Waals surface area contributed by atoms with Crippen LogP contribution < -0.4 is 16.3 Å². The Morgan fingerprint density at radius 1 is 1.27 bits per heavy atom. The number of para-hydroxylation sites is 1. The van der Waals surface area contributed by atoms with Crippen molar-refractivity contribution in [1.29, 1.82) is 0 Å². The van der Waals surface area contributed by atoms with Crippen molar-refractivity contribution in [1.82, 2.24) is 24.6 Å². The summed E-state index contributed by atoms with van der Waals surface area (Å²) in [4.78, 5) is 26.8. The Balaban J connectivity index is 1.61. The Kier molecular flexibility index (Phi) is 6.49. The minimum absolute atomic E-state index is 0.184. The van der Waals surface area contributed by atoms with E-state index in [1.807, 2.05) is 19.0 Å². The summed E-state index contributed by atoms with van der Waals surface area (Å²) in [6.07, 6.45) is -3.04. The minimum atomic E-state index is -4.56. The lowest BCUT2D eigenvalue weighted by Gasteiger charge is -2.18. The molecule has 0 spiro atoms. The van der Waals surface area contributed by atoms with Gasteiger partial charge in [-0.3, -0.25) is 4.57 Å². The SMILES string of the molecule is CN(C)CCn1nc2n(c1=O)CCC(NC(=O)Nc1ccccc1C(F)(F)F)CC2. The molecule has 0 bridgehead atoms. The highest BCUT2D eigenvalue weighted by Gasteiger charge is 2.33. The van der Waals surface area contributed by atoms with Gasteiger partial charge in [0.2, 0.25) is 0 Å². The molecule has 2 heterocycles. The number of hydrogen-bond acceptors (Lipinski definition) is 4. The van der Waals surface area contributed by atoms with Crippen LogP contribution >= 0.6 is 0 Å². The first kappa shape index (κ1) is 21.9. The molecule has 30 heavy (non-hydrogen) atoms. The van der Waals surface area contributed by atoms with Gasteiger partial charge in [-0.15, -0.1) is 0 Å². The number of aryl methyl sites for hydroxylation is 1. The van der Waals surface area contributed by atoms with Gasteiger partial charge in [0, 0.05) is 25.6 Å². The molecule has 1 aromatic heterocycles. The third-order valence-electron chi connectivity index (χ3n) is 4.99. The fourth-order valence-corrected chi connectivity index (χ4v) is 3.40. The number of rotatable bonds is 5. The van der Waals surface area contributed by atoms with Gasteiger partial charge in [0.05, 0.1) is 17.8 Å². The Hall–Kier alpha value is -2.82. The van der Waals surface area contributed by atoms with Crippen LogP contribution in [-0.4, -0.2) is 52.0 Å². The molecule has 0 aliphatic carbocycles. The Morgan fingerprint density at radius 2 is 2.00 bits per heavy atom. The summed E-state index contributed by atoms with van der Waals surface area (Å²) in [7, 11) is 3.83. The molecule has 1 aromatic carbocycles. The predicted octanol–water partition coefficient (Wildman–Crippen LogP) is 2.15. The third-order valence-corrected chi connectivity index (χ3v) is 4.99. The quantitative estimate of drug-likeness (QED) is 0.768. The van der Waals surface area contributed by atoms with Crippen LogP contribution in [0.5, 0.6) is 0 Å². The molecule has 1 unspecified atom stereocenters. The van der Waals surface area contributed by atoms with Crippen molar-refractivity contribution in [3.8, 4) is 0 Å². The molecule has 164 valence electrons. The van der Waals surface area contributed by atoms with Crippen LogP contribution in [0.25, 0.3) is 0 Å². The highest BCUT2D eigenvalue weighted by Crippen LogP contribution is 2.34. The summed E-state index contributed by atoms with van der Waals surface area (Å²) in [5.74, 6) is 0.658. The van der Waals surface area contributed by atoms with E-state index in [1.54, 1.807) is 4.57 Å². The molecule has 8 nitrogen and oxygen atoms in total. The van der Waals surface area contributed by atoms with E-state index in [1.165, 1.54) is 22.9 Å². The highest BCUT2D eigenvalue weighted by molar-refractivity contribution is 5.90. The third kappa shape index (κ3) is 5.21. The van der Waals surface area contributed by atoms with E-state index in [0.29, 0.717) is 44.7 Å². The number of likely N-dealkylation sites (N-methyl/N-ethyl adjacent to an activating group) is 1. The number of urea groups is 1. The van der Waals surface area contributed by atoms with Gasteiger partial charge >= 0.3 is 17.9 Å². The zero-order chi connectivity index (χ0) is 21.9. The van der Waals surface area contributed by atoms with Gasteiger partial charge in [-0.25, -0.2) is 14.3 Å². The van der Waals surface area contributed by atoms with Crippen LogP contribution in [0, 0.1) is 0 Å². The van der Waals surface area contributed by atoms with Crippen LogP contribution in [0.4, 0.5) is 23.7 Å². The fourth-order valence-electron chi connectivity index (χ4n) is 3.40. The fraction of sp³-hybridized carbons (Fsp3) is 0.526. The number of alkyl halides is 3. The number of carbonyl (C=O) groups excluding carboxylic acids is 1. The molecular weight excluding hydrogens is 401 g/mol. The molecular formula is C19H25F3N6O2. The maximum atomic E-state index is 13.1. The van der Waals surface area contributed by atoms with E-state index in [4.69, 9.17) is 0 Å². The lowest BCUT2D eigenvalue weighted by molar-refractivity contribution is -0.136. The van der Waals surface area contributed by atoms with Crippen molar-refractivity contribution in [3.63, 3.8) is 0 Å². The molecule has 2 N–H and O–H groups in total. The van der Waals surface area contributed by atoms with Crippen LogP contribution in [-0.2, 0) is 25.7 Å². The molecule has 2 amide bonds. The van der Waals surface area contributed by atoms with Gasteiger partial charge < -0.3 is 15.5 Å². The van der Waals surface area contributed by atoms with Gasteiger partial charge in [-0.05, 0) is 39.1 Å². The Morgan fingerprint density at radius 3 is 2.70 bits per heavy atom. The van der Waals surface area contributed by atoms with Gasteiger partial charge in [0.1, 0.15) is 5.82 Å². The maximum Gasteiger partial charge on any atom is 0.418 e. The summed E-state index contributed by atoms with van der Waals surface area (Å²) in [6, 6.07) is 3.84. The number of nitrogens with one attached hydrogen (secondary N) is 2. The Labute approximate surface area is 171 Å². The predicted molar refractivity (Wildman–Crippen MR) is 105 cm³/mol. The number of halogens is 3. The van der Waals surface area contributed by atoms with Crippen LogP contribution in [0.3, 0.4) is 0 Å². The minimum Gasteiger partial charge on any atom is -0.335 e. The molecule has 0 fully saturated rings. The number of aromatic nitrogens is 3. The zero-order valence-corrected chi connectivity index (χ0v) is 16.9. The van der Waals surface area contributed by atoms with E-state index in [2.05, 4.69) is 15.7 Å². The molecule has 1 atom stereocenters. The maximum absolute atomic E-state index is 13.1. The zero-order valence-electron chi connectivity index (χ0n) is 16.9. The van der Waals surface area contributed by atoms with Gasteiger partial charge in [-0.1, -0.05) is 12.1 Å². The smallest absolute Gasteiger partial charge is 0.335 e. The van der Waals surface area contributed by atoms with Crippen molar-refractivity contribution in [2.45, 2.75) is 44.6 Å². The average molecular weight is 426 g/mol. The van der Waals surface area contributed by atoms with Gasteiger partial charge in [-0.2, -0.15) is 18.3 Å². The van der Waals surface area contributed by atoms with E-state index >= 15 is 0 Å². The van der Waals surface area contributed by atoms with Crippen LogP contribution in [0.15, 0.2) is 29.1 Å². The van der Waals surface area contributed by atoms with Crippen molar-refractivity contribution in [3.05, 3.63) is 46.1 Å². The first-order valence-electron chi connectivity index (χ1n) is 9.70. The number of amides is 2. The van der Waals surface area contributed by atoms with Crippen molar-refractivity contribution in [2.24, 2.45) is 0 Å². The summed E-state index contributed by atoms with van der Waals surface area (Å²) in [6.45, 7) is 1.58. The largest absolute Gasteiger partial charge is 0.418 e. The Bertz CT molecular complexity index is 950. The van der Waals surface area contributed by atoms with Crippen LogP contribution in [0.1, 0.15) is 24.2 Å². The number of carbonyl (C=O) groups is 1. The summed E-state index contributed by atoms with van der Waals surface area (Å²) in [5, 5.41) is 9.38. The van der Waals surface area contributed by atoms with E-state index in [-0.39, 0.29) is 17.4 Å². The summed E-state index contributed by atoms with van der Waals surface area (Å²) < 4.78 is 42.3. The van der Waals surface area contributed by atoms with Gasteiger partial charge in [0.25, 0.3) is 0 Å². The van der Waals surface area contributed by atoms with Crippen molar-refractivity contribution in [2.75, 3.05) is 26.0 Å². The first-order valence-corrected chi connectivity index (χ1v) is 9.70. The lowest BCUT2D eigenvalue weighted by atomic mass is 10.1. The summed E-state index contributed by atoms with van der Waals surface area (Å²) >= 11 is 0. The molecule has 1 aliphatic rings. The average Bonchev–Trinajstić information content (AvgIpc) is 2.82. The molecule has 2 aromatic rings. The number of anilines is 1. The lowest BCUT2D eigenvalue weighted by Crippen LogP contribution is -2.39. The standard InChI is InChI=1S/C19H25F3N6O2/c1-26(2)11-12-28-18(30)27-10-9-13(7-8-16(27)25-28)23-17(29)24-15-6-4-3-5-14(15)19(20,21)22/h3-6,13H,7-12H2,1-2H3,(H2,23,24,29). The molecule has 0 radical (unpaired) electrons. The van der Waals surface area contributed by atoms with Gasteiger partial charge in [0.15, 0.2) is 0 Å². The molecule has 11 heteroatoms. The number of fused-ring (bicyclic) bond motifs is 1. The van der Waals surface area contributed by atoms with E-state index in [9.17, 15) is 22.8 Å². The number of benzene rings is 1. The van der Waals surface area contributed by atoms with Crippen LogP contribution in [0.2, 0.25) is 0 Å². The molecule has 0 saturated heterocycles. The first-order chi connectivity index (χ1) is 14.1. The second kappa shape index (κ2) is 8.90. The van der Waals surface area contributed by atoms with Crippen molar-refractivity contribution >= 4 is 11.7 Å². The molecule has 1 aliphatic heterocycles. The molecule has 0 saturated carbocycles. The topological polar surface area (TPSA) is 84.2 Å². The van der Waals surface area contributed by atoms with E-state index < -0.39 is 17.8 Å². The second-order valence-electron chi connectivity index (χ2n) is 7.54.